The molecular formula is C9H14BNO2. The molecule has 0 fully saturated rings. The second-order valence-electron chi connectivity index (χ2n) is 3.08. The van der Waals surface area contributed by atoms with Crippen LogP contribution in [-0.2, 0) is 6.42 Å². The lowest BCUT2D eigenvalue weighted by atomic mass is 9.79. The van der Waals surface area contributed by atoms with Crippen LogP contribution in [0, 0.1) is 0 Å². The van der Waals surface area contributed by atoms with E-state index in [0.29, 0.717) is 11.2 Å². The van der Waals surface area contributed by atoms with Crippen LogP contribution < -0.4 is 11.2 Å². The summed E-state index contributed by atoms with van der Waals surface area (Å²) < 4.78 is 0. The van der Waals surface area contributed by atoms with Gasteiger partial charge in [-0.15, -0.1) is 0 Å². The van der Waals surface area contributed by atoms with E-state index in [4.69, 9.17) is 15.8 Å². The molecule has 13 heavy (non-hydrogen) atoms. The van der Waals surface area contributed by atoms with E-state index in [9.17, 15) is 0 Å². The lowest BCUT2D eigenvalue weighted by Gasteiger charge is -2.06. The quantitative estimate of drug-likeness (QED) is 0.448. The molecule has 1 aromatic rings. The number of benzene rings is 1. The first kappa shape index (κ1) is 10.1. The molecule has 0 spiro atoms. The van der Waals surface area contributed by atoms with Crippen molar-refractivity contribution in [2.45, 2.75) is 19.8 Å². The van der Waals surface area contributed by atoms with Crippen molar-refractivity contribution in [1.29, 1.82) is 0 Å². The Kier molecular flexibility index (Phi) is 3.34. The summed E-state index contributed by atoms with van der Waals surface area (Å²) in [6.07, 6.45) is 1.96. The minimum absolute atomic E-state index is 0.442. The second kappa shape index (κ2) is 4.30. The highest BCUT2D eigenvalue weighted by atomic mass is 16.4. The van der Waals surface area contributed by atoms with Crippen molar-refractivity contribution in [3.63, 3.8) is 0 Å². The fraction of sp³-hybridized carbons (Fsp3) is 0.333. The Labute approximate surface area is 78.3 Å². The smallest absolute Gasteiger partial charge is 0.423 e. The summed E-state index contributed by atoms with van der Waals surface area (Å²) in [5.41, 5.74) is 7.86. The summed E-state index contributed by atoms with van der Waals surface area (Å²) in [7, 11) is -1.43. The van der Waals surface area contributed by atoms with Gasteiger partial charge < -0.3 is 15.8 Å². The zero-order valence-corrected chi connectivity index (χ0v) is 7.70. The topological polar surface area (TPSA) is 66.5 Å². The molecule has 0 saturated heterocycles. The third-order valence-corrected chi connectivity index (χ3v) is 1.99. The molecule has 4 N–H and O–H groups in total. The Balaban J connectivity index is 2.92. The van der Waals surface area contributed by atoms with E-state index in [1.807, 2.05) is 6.07 Å². The van der Waals surface area contributed by atoms with Crippen LogP contribution in [0.2, 0.25) is 0 Å². The minimum Gasteiger partial charge on any atom is -0.423 e. The first-order valence-corrected chi connectivity index (χ1v) is 4.39. The number of hydrogen-bond acceptors (Lipinski definition) is 3. The molecular weight excluding hydrogens is 165 g/mol. The van der Waals surface area contributed by atoms with Gasteiger partial charge in [0, 0.05) is 5.69 Å². The Bertz CT molecular complexity index is 289. The fourth-order valence-electron chi connectivity index (χ4n) is 1.27. The molecule has 0 heterocycles. The third-order valence-electron chi connectivity index (χ3n) is 1.99. The standard InChI is InChI=1S/C9H14BNO2/c1-2-3-7-4-5-8(10(12)13)6-9(7)11/h4-6,12-13H,2-3,11H2,1H3. The van der Waals surface area contributed by atoms with E-state index in [0.717, 1.165) is 18.4 Å². The van der Waals surface area contributed by atoms with Gasteiger partial charge in [0.1, 0.15) is 0 Å². The molecule has 0 saturated carbocycles. The number of aryl methyl sites for hydroxylation is 1. The van der Waals surface area contributed by atoms with Crippen LogP contribution in [0.3, 0.4) is 0 Å². The fourth-order valence-corrected chi connectivity index (χ4v) is 1.27. The lowest BCUT2D eigenvalue weighted by molar-refractivity contribution is 0.426. The van der Waals surface area contributed by atoms with Gasteiger partial charge in [0.2, 0.25) is 0 Å². The minimum atomic E-state index is -1.43. The first-order chi connectivity index (χ1) is 6.15. The molecule has 0 aliphatic carbocycles. The number of hydrogen-bond donors (Lipinski definition) is 3. The van der Waals surface area contributed by atoms with Crippen LogP contribution in [0.25, 0.3) is 0 Å². The third kappa shape index (κ3) is 2.47. The summed E-state index contributed by atoms with van der Waals surface area (Å²) in [6, 6.07) is 5.13. The van der Waals surface area contributed by atoms with Gasteiger partial charge in [-0.3, -0.25) is 0 Å². The second-order valence-corrected chi connectivity index (χ2v) is 3.08. The van der Waals surface area contributed by atoms with Gasteiger partial charge in [0.05, 0.1) is 0 Å². The van der Waals surface area contributed by atoms with Gasteiger partial charge >= 0.3 is 7.12 Å². The van der Waals surface area contributed by atoms with Crippen LogP contribution in [0.5, 0.6) is 0 Å². The predicted octanol–water partition coefficient (Wildman–Crippen LogP) is -0.0989. The van der Waals surface area contributed by atoms with Crippen LogP contribution in [-0.4, -0.2) is 17.2 Å². The van der Waals surface area contributed by atoms with Gasteiger partial charge in [-0.1, -0.05) is 25.5 Å². The molecule has 0 bridgehead atoms. The lowest BCUT2D eigenvalue weighted by Crippen LogP contribution is -2.30. The molecule has 0 unspecified atom stereocenters. The number of rotatable bonds is 3. The maximum Gasteiger partial charge on any atom is 0.488 e. The number of nitrogens with two attached hydrogens (primary N) is 1. The van der Waals surface area contributed by atoms with Gasteiger partial charge in [0.25, 0.3) is 0 Å². The Hall–Kier alpha value is -0.995. The van der Waals surface area contributed by atoms with Crippen LogP contribution in [0.4, 0.5) is 5.69 Å². The normalized spacial score (nSPS) is 10.1. The SMILES string of the molecule is CCCc1ccc(B(O)O)cc1N. The van der Waals surface area contributed by atoms with Gasteiger partial charge in [0.15, 0.2) is 0 Å². The monoisotopic (exact) mass is 179 g/mol. The summed E-state index contributed by atoms with van der Waals surface area (Å²) in [5, 5.41) is 17.7. The summed E-state index contributed by atoms with van der Waals surface area (Å²) in [6.45, 7) is 2.08. The van der Waals surface area contributed by atoms with Crippen molar-refractivity contribution < 1.29 is 10.0 Å². The predicted molar refractivity (Wildman–Crippen MR) is 54.7 cm³/mol. The summed E-state index contributed by atoms with van der Waals surface area (Å²) >= 11 is 0. The molecule has 0 radical (unpaired) electrons. The van der Waals surface area contributed by atoms with E-state index in [1.54, 1.807) is 12.1 Å². The Morgan fingerprint density at radius 1 is 1.38 bits per heavy atom. The summed E-state index contributed by atoms with van der Waals surface area (Å²) in [5.74, 6) is 0. The van der Waals surface area contributed by atoms with Crippen molar-refractivity contribution in [2.24, 2.45) is 0 Å². The van der Waals surface area contributed by atoms with Gasteiger partial charge in [-0.05, 0) is 23.5 Å². The van der Waals surface area contributed by atoms with Gasteiger partial charge in [-0.2, -0.15) is 0 Å². The zero-order valence-electron chi connectivity index (χ0n) is 7.70. The molecule has 0 aliphatic rings. The van der Waals surface area contributed by atoms with E-state index in [2.05, 4.69) is 6.92 Å². The number of anilines is 1. The van der Waals surface area contributed by atoms with Crippen molar-refractivity contribution in [3.8, 4) is 0 Å². The molecule has 3 nitrogen and oxygen atoms in total. The largest absolute Gasteiger partial charge is 0.488 e. The van der Waals surface area contributed by atoms with E-state index >= 15 is 0 Å². The highest BCUT2D eigenvalue weighted by Gasteiger charge is 2.11. The molecule has 1 rings (SSSR count). The van der Waals surface area contributed by atoms with Crippen molar-refractivity contribution in [1.82, 2.24) is 0 Å². The molecule has 0 aromatic heterocycles. The average molecular weight is 179 g/mol. The maximum absolute atomic E-state index is 8.87. The molecule has 0 aliphatic heterocycles. The Morgan fingerprint density at radius 2 is 2.08 bits per heavy atom. The van der Waals surface area contributed by atoms with Crippen molar-refractivity contribution in [2.75, 3.05) is 5.73 Å². The maximum atomic E-state index is 8.87. The van der Waals surface area contributed by atoms with E-state index < -0.39 is 7.12 Å². The van der Waals surface area contributed by atoms with E-state index in [-0.39, 0.29) is 0 Å². The van der Waals surface area contributed by atoms with Crippen molar-refractivity contribution in [3.05, 3.63) is 23.8 Å². The Morgan fingerprint density at radius 3 is 2.54 bits per heavy atom. The van der Waals surface area contributed by atoms with Crippen LogP contribution >= 0.6 is 0 Å². The zero-order chi connectivity index (χ0) is 9.84. The molecule has 1 aromatic carbocycles. The van der Waals surface area contributed by atoms with Crippen LogP contribution in [0.1, 0.15) is 18.9 Å². The highest BCUT2D eigenvalue weighted by Crippen LogP contribution is 2.11. The molecule has 0 atom stereocenters. The van der Waals surface area contributed by atoms with Crippen LogP contribution in [0.15, 0.2) is 18.2 Å². The number of nitrogen functional groups attached to an aromatic ring is 1. The summed E-state index contributed by atoms with van der Waals surface area (Å²) in [4.78, 5) is 0. The average Bonchev–Trinajstić information content (AvgIpc) is 2.08. The molecule has 0 amide bonds. The molecule has 4 heteroatoms. The highest BCUT2D eigenvalue weighted by molar-refractivity contribution is 6.58. The van der Waals surface area contributed by atoms with Crippen molar-refractivity contribution >= 4 is 18.3 Å². The first-order valence-electron chi connectivity index (χ1n) is 4.39. The van der Waals surface area contributed by atoms with E-state index in [1.165, 1.54) is 0 Å². The molecule has 70 valence electrons. The van der Waals surface area contributed by atoms with Gasteiger partial charge in [-0.25, -0.2) is 0 Å².